The fraction of sp³-hybridized carbons (Fsp3) is 0.200. The van der Waals surface area contributed by atoms with Crippen LogP contribution in [-0.2, 0) is 17.6 Å². The van der Waals surface area contributed by atoms with E-state index in [1.54, 1.807) is 11.8 Å². The fourth-order valence-electron chi connectivity index (χ4n) is 3.39. The molecule has 1 amide bonds. The van der Waals surface area contributed by atoms with Crippen molar-refractivity contribution >= 4 is 22.8 Å². The van der Waals surface area contributed by atoms with Gasteiger partial charge in [0, 0.05) is 23.9 Å². The number of carbonyl (C=O) groups is 1. The summed E-state index contributed by atoms with van der Waals surface area (Å²) in [6.45, 7) is 2.06. The summed E-state index contributed by atoms with van der Waals surface area (Å²) in [6, 6.07) is 20.4. The minimum absolute atomic E-state index is 0.0403. The lowest BCUT2D eigenvalue weighted by Crippen LogP contribution is -2.51. The lowest BCUT2D eigenvalue weighted by Gasteiger charge is -2.34. The molecule has 120 valence electrons. The summed E-state index contributed by atoms with van der Waals surface area (Å²) in [7, 11) is 0. The molecule has 0 saturated carbocycles. The number of benzene rings is 2. The molecule has 2 aliphatic rings. The summed E-state index contributed by atoms with van der Waals surface area (Å²) in [4.78, 5) is 20.6. The smallest absolute Gasteiger partial charge is 0.275 e. The minimum atomic E-state index is -0.664. The molecular formula is C20H18N2OS. The summed E-state index contributed by atoms with van der Waals surface area (Å²) in [5, 5.41) is 0.810. The third kappa shape index (κ3) is 2.57. The number of thioether (sulfide) groups is 1. The van der Waals surface area contributed by atoms with Crippen molar-refractivity contribution in [3.05, 3.63) is 82.9 Å². The van der Waals surface area contributed by atoms with Gasteiger partial charge in [0.05, 0.1) is 0 Å². The highest BCUT2D eigenvalue weighted by atomic mass is 32.2. The Balaban J connectivity index is 1.76. The van der Waals surface area contributed by atoms with Crippen molar-refractivity contribution < 1.29 is 4.79 Å². The molecule has 0 bridgehead atoms. The number of amidine groups is 1. The van der Waals surface area contributed by atoms with Crippen LogP contribution in [0.1, 0.15) is 18.1 Å². The van der Waals surface area contributed by atoms with Gasteiger partial charge >= 0.3 is 0 Å². The van der Waals surface area contributed by atoms with Crippen molar-refractivity contribution in [1.29, 1.82) is 0 Å². The lowest BCUT2D eigenvalue weighted by molar-refractivity contribution is -0.124. The molecule has 2 aromatic carbocycles. The van der Waals surface area contributed by atoms with Gasteiger partial charge in [-0.15, -0.1) is 0 Å². The first kappa shape index (κ1) is 15.2. The van der Waals surface area contributed by atoms with Gasteiger partial charge in [-0.25, -0.2) is 0 Å². The van der Waals surface area contributed by atoms with Gasteiger partial charge in [-0.1, -0.05) is 72.4 Å². The van der Waals surface area contributed by atoms with E-state index in [-0.39, 0.29) is 5.91 Å². The Morgan fingerprint density at radius 1 is 0.958 bits per heavy atom. The van der Waals surface area contributed by atoms with Crippen LogP contribution in [0.25, 0.3) is 0 Å². The first-order valence-electron chi connectivity index (χ1n) is 8.04. The van der Waals surface area contributed by atoms with Gasteiger partial charge in [-0.2, -0.15) is 4.99 Å². The molecule has 0 aliphatic carbocycles. The Kier molecular flexibility index (Phi) is 3.77. The molecule has 0 saturated heterocycles. The number of hydrogen-bond acceptors (Lipinski definition) is 3. The normalized spacial score (nSPS) is 18.4. The van der Waals surface area contributed by atoms with Gasteiger partial charge in [0.2, 0.25) is 0 Å². The number of allylic oxidation sites excluding steroid dienone is 1. The van der Waals surface area contributed by atoms with Crippen LogP contribution in [0.5, 0.6) is 0 Å². The molecule has 0 atom stereocenters. The highest BCUT2D eigenvalue weighted by Gasteiger charge is 2.51. The lowest BCUT2D eigenvalue weighted by atomic mass is 9.83. The van der Waals surface area contributed by atoms with Crippen LogP contribution in [0.15, 0.2) is 76.8 Å². The fourth-order valence-corrected chi connectivity index (χ4v) is 4.29. The maximum atomic E-state index is 13.0. The van der Waals surface area contributed by atoms with Crippen LogP contribution in [0.2, 0.25) is 0 Å². The van der Waals surface area contributed by atoms with Crippen LogP contribution in [0, 0.1) is 0 Å². The molecule has 0 spiro atoms. The van der Waals surface area contributed by atoms with Crippen molar-refractivity contribution in [1.82, 2.24) is 4.90 Å². The number of amides is 1. The van der Waals surface area contributed by atoms with Gasteiger partial charge < -0.3 is 4.90 Å². The first-order valence-corrected chi connectivity index (χ1v) is 8.86. The molecule has 0 unspecified atom stereocenters. The third-order valence-electron chi connectivity index (χ3n) is 4.50. The van der Waals surface area contributed by atoms with Crippen LogP contribution < -0.4 is 0 Å². The zero-order valence-corrected chi connectivity index (χ0v) is 14.3. The molecule has 3 nitrogen and oxygen atoms in total. The monoisotopic (exact) mass is 334 g/mol. The molecule has 2 aromatic rings. The molecular weight excluding hydrogens is 316 g/mol. The van der Waals surface area contributed by atoms with E-state index in [9.17, 15) is 4.79 Å². The van der Waals surface area contributed by atoms with E-state index in [1.807, 2.05) is 36.4 Å². The topological polar surface area (TPSA) is 32.7 Å². The zero-order chi connectivity index (χ0) is 16.6. The highest BCUT2D eigenvalue weighted by Crippen LogP contribution is 2.41. The molecule has 0 aromatic heterocycles. The number of nitrogens with zero attached hydrogens (tertiary/aromatic N) is 2. The van der Waals surface area contributed by atoms with Crippen molar-refractivity contribution in [3.63, 3.8) is 0 Å². The van der Waals surface area contributed by atoms with Gasteiger partial charge in [0.1, 0.15) is 5.54 Å². The average molecular weight is 334 g/mol. The molecule has 4 heteroatoms. The third-order valence-corrected chi connectivity index (χ3v) is 5.40. The number of aliphatic imine (C=N–C) groups is 1. The molecule has 2 aliphatic heterocycles. The van der Waals surface area contributed by atoms with Gasteiger partial charge in [0.15, 0.2) is 5.17 Å². The number of hydrogen-bond donors (Lipinski definition) is 0. The summed E-state index contributed by atoms with van der Waals surface area (Å²) in [5.74, 6) is -0.0403. The first-order chi connectivity index (χ1) is 11.7. The standard InChI is InChI=1S/C20H18N2OS/c1-15-14-22-19(24-15)21-18(23)20(22,12-16-8-4-2-5-9-16)13-17-10-6-3-7-11-17/h2-11,14H,12-13H2,1H3. The Morgan fingerprint density at radius 2 is 1.50 bits per heavy atom. The SMILES string of the molecule is CC1=CN2C(=NC(=O)C2(Cc2ccccc2)Cc2ccccc2)S1. The van der Waals surface area contributed by atoms with Crippen LogP contribution in [-0.4, -0.2) is 21.5 Å². The summed E-state index contributed by atoms with van der Waals surface area (Å²) >= 11 is 1.58. The van der Waals surface area contributed by atoms with Crippen LogP contribution in [0.4, 0.5) is 0 Å². The van der Waals surface area contributed by atoms with Crippen LogP contribution >= 0.6 is 11.8 Å². The van der Waals surface area contributed by atoms with Crippen LogP contribution in [0.3, 0.4) is 0 Å². The maximum absolute atomic E-state index is 13.0. The molecule has 0 radical (unpaired) electrons. The second-order valence-corrected chi connectivity index (χ2v) is 7.48. The largest absolute Gasteiger partial charge is 0.310 e. The quantitative estimate of drug-likeness (QED) is 0.847. The van der Waals surface area contributed by atoms with Crippen molar-refractivity contribution in [2.45, 2.75) is 25.3 Å². The van der Waals surface area contributed by atoms with E-state index in [1.165, 1.54) is 4.91 Å². The predicted molar refractivity (Wildman–Crippen MR) is 98.7 cm³/mol. The van der Waals surface area contributed by atoms with Crippen molar-refractivity contribution in [3.8, 4) is 0 Å². The molecule has 0 fully saturated rings. The van der Waals surface area contributed by atoms with E-state index in [4.69, 9.17) is 0 Å². The molecule has 4 rings (SSSR count). The summed E-state index contributed by atoms with van der Waals surface area (Å²) in [6.07, 6.45) is 3.37. The predicted octanol–water partition coefficient (Wildman–Crippen LogP) is 4.02. The maximum Gasteiger partial charge on any atom is 0.275 e. The summed E-state index contributed by atoms with van der Waals surface area (Å²) in [5.41, 5.74) is 1.64. The number of fused-ring (bicyclic) bond motifs is 1. The Hall–Kier alpha value is -2.33. The van der Waals surface area contributed by atoms with Crippen molar-refractivity contribution in [2.75, 3.05) is 0 Å². The second-order valence-electron chi connectivity index (χ2n) is 6.27. The van der Waals surface area contributed by atoms with Gasteiger partial charge in [-0.05, 0) is 18.1 Å². The Labute approximate surface area is 146 Å². The average Bonchev–Trinajstić information content (AvgIpc) is 3.06. The van der Waals surface area contributed by atoms with E-state index < -0.39 is 5.54 Å². The summed E-state index contributed by atoms with van der Waals surface area (Å²) < 4.78 is 0. The molecule has 24 heavy (non-hydrogen) atoms. The van der Waals surface area contributed by atoms with Gasteiger partial charge in [-0.3, -0.25) is 4.79 Å². The van der Waals surface area contributed by atoms with E-state index in [2.05, 4.69) is 47.3 Å². The zero-order valence-electron chi connectivity index (χ0n) is 13.5. The number of carbonyl (C=O) groups excluding carboxylic acids is 1. The van der Waals surface area contributed by atoms with Gasteiger partial charge in [0.25, 0.3) is 5.91 Å². The van der Waals surface area contributed by atoms with E-state index in [0.717, 1.165) is 16.3 Å². The second kappa shape index (κ2) is 5.95. The Bertz CT molecular complexity index is 786. The van der Waals surface area contributed by atoms with E-state index >= 15 is 0 Å². The number of rotatable bonds is 4. The highest BCUT2D eigenvalue weighted by molar-refractivity contribution is 8.17. The Morgan fingerprint density at radius 3 is 2.04 bits per heavy atom. The molecule has 2 heterocycles. The minimum Gasteiger partial charge on any atom is -0.310 e. The van der Waals surface area contributed by atoms with Crippen molar-refractivity contribution in [2.24, 2.45) is 4.99 Å². The molecule has 0 N–H and O–H groups in total. The van der Waals surface area contributed by atoms with E-state index in [0.29, 0.717) is 12.8 Å².